The molecule has 1 heterocycles. The molecular formula is C17H10ClN5. The summed E-state index contributed by atoms with van der Waals surface area (Å²) in [7, 11) is 0. The fourth-order valence-electron chi connectivity index (χ4n) is 2.09. The van der Waals surface area contributed by atoms with Crippen molar-refractivity contribution in [2.45, 2.75) is 0 Å². The highest BCUT2D eigenvalue weighted by Crippen LogP contribution is 2.24. The van der Waals surface area contributed by atoms with E-state index >= 15 is 0 Å². The molecule has 2 aromatic carbocycles. The Hall–Kier alpha value is -3.28. The van der Waals surface area contributed by atoms with E-state index in [9.17, 15) is 0 Å². The van der Waals surface area contributed by atoms with Gasteiger partial charge in [-0.15, -0.1) is 0 Å². The zero-order chi connectivity index (χ0) is 16.2. The number of rotatable bonds is 3. The minimum absolute atomic E-state index is 0.0107. The number of halogens is 1. The third-order valence-corrected chi connectivity index (χ3v) is 3.48. The Morgan fingerprint density at radius 2 is 1.87 bits per heavy atom. The number of nitrogens with one attached hydrogen (secondary N) is 2. The van der Waals surface area contributed by atoms with Crippen molar-refractivity contribution in [3.63, 3.8) is 0 Å². The summed E-state index contributed by atoms with van der Waals surface area (Å²) in [5, 5.41) is 21.0. The number of anilines is 1. The number of aromatic amines is 1. The Kier molecular flexibility index (Phi) is 3.97. The normalized spacial score (nSPS) is 9.87. The molecule has 0 spiro atoms. The van der Waals surface area contributed by atoms with E-state index in [0.29, 0.717) is 5.02 Å². The van der Waals surface area contributed by atoms with E-state index < -0.39 is 0 Å². The fourth-order valence-corrected chi connectivity index (χ4v) is 2.21. The van der Waals surface area contributed by atoms with Crippen molar-refractivity contribution in [3.05, 3.63) is 59.3 Å². The molecule has 0 bridgehead atoms. The summed E-state index contributed by atoms with van der Waals surface area (Å²) in [6.07, 6.45) is 1.37. The molecule has 0 amide bonds. The van der Waals surface area contributed by atoms with Gasteiger partial charge in [-0.05, 0) is 42.5 Å². The summed E-state index contributed by atoms with van der Waals surface area (Å²) in [6.45, 7) is 0. The molecule has 0 aliphatic rings. The number of benzene rings is 2. The number of hydrogen-bond acceptors (Lipinski definition) is 4. The monoisotopic (exact) mass is 319 g/mol. The van der Waals surface area contributed by atoms with E-state index in [4.69, 9.17) is 22.1 Å². The average molecular weight is 320 g/mol. The molecule has 6 heteroatoms. The number of imidazole rings is 1. The number of allylic oxidation sites excluding steroid dienone is 1. The molecule has 0 radical (unpaired) electrons. The Bertz CT molecular complexity index is 955. The van der Waals surface area contributed by atoms with Crippen LogP contribution >= 0.6 is 11.6 Å². The van der Waals surface area contributed by atoms with Gasteiger partial charge in [-0.2, -0.15) is 10.5 Å². The second kappa shape index (κ2) is 6.23. The Labute approximate surface area is 137 Å². The van der Waals surface area contributed by atoms with Crippen LogP contribution in [0.2, 0.25) is 5.02 Å². The number of aromatic nitrogens is 2. The van der Waals surface area contributed by atoms with Gasteiger partial charge in [-0.25, -0.2) is 4.98 Å². The van der Waals surface area contributed by atoms with Crippen molar-refractivity contribution in [3.8, 4) is 23.5 Å². The third kappa shape index (κ3) is 3.16. The van der Waals surface area contributed by atoms with Crippen molar-refractivity contribution >= 4 is 28.3 Å². The molecule has 23 heavy (non-hydrogen) atoms. The van der Waals surface area contributed by atoms with Crippen LogP contribution in [0, 0.1) is 22.7 Å². The largest absolute Gasteiger partial charge is 0.360 e. The molecule has 0 fully saturated rings. The summed E-state index contributed by atoms with van der Waals surface area (Å²) < 4.78 is 0. The summed E-state index contributed by atoms with van der Waals surface area (Å²) in [6, 6.07) is 16.6. The van der Waals surface area contributed by atoms with Crippen molar-refractivity contribution in [2.75, 3.05) is 5.32 Å². The minimum Gasteiger partial charge on any atom is -0.360 e. The predicted octanol–water partition coefficient (Wildman–Crippen LogP) is 4.23. The van der Waals surface area contributed by atoms with Crippen LogP contribution in [0.5, 0.6) is 0 Å². The number of H-pyrrole nitrogens is 1. The van der Waals surface area contributed by atoms with Crippen molar-refractivity contribution in [1.82, 2.24) is 9.97 Å². The fraction of sp³-hybridized carbons (Fsp3) is 0. The van der Waals surface area contributed by atoms with Gasteiger partial charge >= 0.3 is 0 Å². The van der Waals surface area contributed by atoms with Gasteiger partial charge in [0.2, 0.25) is 0 Å². The van der Waals surface area contributed by atoms with Gasteiger partial charge in [0.1, 0.15) is 23.5 Å². The van der Waals surface area contributed by atoms with Crippen LogP contribution in [-0.2, 0) is 0 Å². The lowest BCUT2D eigenvalue weighted by molar-refractivity contribution is 1.34. The smallest absolute Gasteiger partial charge is 0.145 e. The molecule has 0 aliphatic heterocycles. The van der Waals surface area contributed by atoms with E-state index in [1.807, 2.05) is 42.5 Å². The van der Waals surface area contributed by atoms with Gasteiger partial charge in [0.05, 0.1) is 11.0 Å². The molecule has 0 atom stereocenters. The molecule has 1 aromatic heterocycles. The maximum atomic E-state index is 8.72. The molecule has 110 valence electrons. The van der Waals surface area contributed by atoms with E-state index in [1.165, 1.54) is 6.20 Å². The number of nitrogens with zero attached hydrogens (tertiary/aromatic N) is 3. The maximum Gasteiger partial charge on any atom is 0.145 e. The maximum absolute atomic E-state index is 8.72. The summed E-state index contributed by atoms with van der Waals surface area (Å²) in [5.74, 6) is 0.749. The Morgan fingerprint density at radius 3 is 2.57 bits per heavy atom. The highest BCUT2D eigenvalue weighted by atomic mass is 35.5. The summed E-state index contributed by atoms with van der Waals surface area (Å²) >= 11 is 5.89. The summed E-state index contributed by atoms with van der Waals surface area (Å²) in [4.78, 5) is 7.78. The van der Waals surface area contributed by atoms with E-state index in [1.54, 1.807) is 12.1 Å². The van der Waals surface area contributed by atoms with Crippen LogP contribution in [0.25, 0.3) is 22.4 Å². The second-order valence-corrected chi connectivity index (χ2v) is 5.19. The molecule has 3 rings (SSSR count). The Morgan fingerprint density at radius 1 is 1.13 bits per heavy atom. The molecule has 2 N–H and O–H groups in total. The highest BCUT2D eigenvalue weighted by molar-refractivity contribution is 6.30. The van der Waals surface area contributed by atoms with Crippen molar-refractivity contribution < 1.29 is 0 Å². The first kappa shape index (κ1) is 14.6. The molecule has 0 saturated heterocycles. The van der Waals surface area contributed by atoms with Gasteiger partial charge in [-0.3, -0.25) is 0 Å². The lowest BCUT2D eigenvalue weighted by atomic mass is 10.2. The van der Waals surface area contributed by atoms with E-state index in [-0.39, 0.29) is 5.57 Å². The van der Waals surface area contributed by atoms with Crippen LogP contribution in [-0.4, -0.2) is 9.97 Å². The van der Waals surface area contributed by atoms with Crippen LogP contribution in [0.4, 0.5) is 5.69 Å². The highest BCUT2D eigenvalue weighted by Gasteiger charge is 2.06. The first-order valence-corrected chi connectivity index (χ1v) is 7.10. The van der Waals surface area contributed by atoms with Crippen LogP contribution < -0.4 is 5.32 Å². The molecule has 5 nitrogen and oxygen atoms in total. The first-order chi connectivity index (χ1) is 11.2. The van der Waals surface area contributed by atoms with Crippen LogP contribution in [0.1, 0.15) is 0 Å². The van der Waals surface area contributed by atoms with Crippen molar-refractivity contribution in [2.24, 2.45) is 0 Å². The zero-order valence-corrected chi connectivity index (χ0v) is 12.6. The predicted molar refractivity (Wildman–Crippen MR) is 89.5 cm³/mol. The topological polar surface area (TPSA) is 88.3 Å². The van der Waals surface area contributed by atoms with Gasteiger partial charge in [-0.1, -0.05) is 11.6 Å². The minimum atomic E-state index is 0.0107. The number of hydrogen-bond donors (Lipinski definition) is 2. The molecular weight excluding hydrogens is 310 g/mol. The van der Waals surface area contributed by atoms with Gasteiger partial charge in [0.15, 0.2) is 0 Å². The standard InChI is InChI=1S/C17H10ClN5/c18-13-3-1-12(2-4-13)17-22-15-6-5-14(7-16(15)23-17)21-10-11(8-19)9-20/h1-7,10,21H,(H,22,23). The van der Waals surface area contributed by atoms with Gasteiger partial charge in [0, 0.05) is 22.5 Å². The van der Waals surface area contributed by atoms with Crippen molar-refractivity contribution in [1.29, 1.82) is 10.5 Å². The van der Waals surface area contributed by atoms with Crippen LogP contribution in [0.3, 0.4) is 0 Å². The molecule has 0 aliphatic carbocycles. The van der Waals surface area contributed by atoms with Gasteiger partial charge in [0.25, 0.3) is 0 Å². The third-order valence-electron chi connectivity index (χ3n) is 3.22. The van der Waals surface area contributed by atoms with E-state index in [2.05, 4.69) is 15.3 Å². The zero-order valence-electron chi connectivity index (χ0n) is 11.8. The lowest BCUT2D eigenvalue weighted by Crippen LogP contribution is -1.89. The Balaban J connectivity index is 1.92. The summed E-state index contributed by atoms with van der Waals surface area (Å²) in [5.41, 5.74) is 3.38. The number of nitriles is 2. The SMILES string of the molecule is N#CC(C#N)=CNc1ccc2nc(-c3ccc(Cl)cc3)[nH]c2c1. The quantitative estimate of drug-likeness (QED) is 0.707. The van der Waals surface area contributed by atoms with Crippen LogP contribution in [0.15, 0.2) is 54.2 Å². The van der Waals surface area contributed by atoms with E-state index in [0.717, 1.165) is 28.1 Å². The van der Waals surface area contributed by atoms with Gasteiger partial charge < -0.3 is 10.3 Å². The molecule has 0 unspecified atom stereocenters. The second-order valence-electron chi connectivity index (χ2n) is 4.75. The number of fused-ring (bicyclic) bond motifs is 1. The first-order valence-electron chi connectivity index (χ1n) is 6.72. The molecule has 0 saturated carbocycles. The average Bonchev–Trinajstić information content (AvgIpc) is 2.99. The lowest BCUT2D eigenvalue weighted by Gasteiger charge is -1.99. The molecule has 3 aromatic rings.